The van der Waals surface area contributed by atoms with Crippen molar-refractivity contribution in [3.63, 3.8) is 0 Å². The van der Waals surface area contributed by atoms with E-state index in [1.54, 1.807) is 0 Å². The van der Waals surface area contributed by atoms with E-state index in [1.807, 2.05) is 0 Å². The molecule has 4 rings (SSSR count). The van der Waals surface area contributed by atoms with Crippen LogP contribution in [0.2, 0.25) is 0 Å². The Bertz CT molecular complexity index is 935. The number of esters is 3. The third-order valence-electron chi connectivity index (χ3n) is 10.9. The van der Waals surface area contributed by atoms with E-state index in [-0.39, 0.29) is 87.1 Å². The van der Waals surface area contributed by atoms with Gasteiger partial charge in [0.1, 0.15) is 18.0 Å². The van der Waals surface area contributed by atoms with Gasteiger partial charge in [-0.3, -0.25) is 19.2 Å². The van der Waals surface area contributed by atoms with Gasteiger partial charge in [0.15, 0.2) is 0 Å². The van der Waals surface area contributed by atoms with Crippen LogP contribution in [0.25, 0.3) is 0 Å². The summed E-state index contributed by atoms with van der Waals surface area (Å²) in [6, 6.07) is 0. The fraction of sp³-hybridized carbons (Fsp3) is 0.862. The molecule has 0 unspecified atom stereocenters. The molecule has 8 heteroatoms. The maximum atomic E-state index is 14.1. The number of carbonyl (C=O) groups excluding carboxylic acids is 4. The lowest BCUT2D eigenvalue weighted by Crippen LogP contribution is -2.64. The summed E-state index contributed by atoms with van der Waals surface area (Å²) in [6.45, 7) is 9.64. The standard InChI is InChI=1S/C29H43BrO7/c1-15(7-10-24(33)35-6)19-8-9-20-25-21(14-23(29(19,20)5)37-17(3)32)28(4)12-11-18(36-16(2)31)13-22(28)26(30)27(25)34/h15,18-23,25-26H,7-14H2,1-6H3/t15-,18-,19+,20-,21-,22+,23+,25+,26-,28-,29+/m1/s1. The van der Waals surface area contributed by atoms with E-state index < -0.39 is 0 Å². The summed E-state index contributed by atoms with van der Waals surface area (Å²) in [4.78, 5) is 49.7. The molecule has 0 aromatic heterocycles. The summed E-state index contributed by atoms with van der Waals surface area (Å²) in [7, 11) is 1.41. The highest BCUT2D eigenvalue weighted by atomic mass is 79.9. The fourth-order valence-corrected chi connectivity index (χ4v) is 10.3. The van der Waals surface area contributed by atoms with Crippen LogP contribution in [0.1, 0.15) is 86.0 Å². The van der Waals surface area contributed by atoms with Gasteiger partial charge in [-0.05, 0) is 80.0 Å². The Morgan fingerprint density at radius 1 is 1.00 bits per heavy atom. The minimum Gasteiger partial charge on any atom is -0.469 e. The number of hydrogen-bond donors (Lipinski definition) is 0. The monoisotopic (exact) mass is 582 g/mol. The lowest BCUT2D eigenvalue weighted by molar-refractivity contribution is -0.196. The first kappa shape index (κ1) is 28.6. The van der Waals surface area contributed by atoms with Gasteiger partial charge in [0, 0.05) is 31.6 Å². The van der Waals surface area contributed by atoms with E-state index >= 15 is 0 Å². The van der Waals surface area contributed by atoms with Crippen molar-refractivity contribution < 1.29 is 33.4 Å². The molecule has 0 saturated heterocycles. The first-order chi connectivity index (χ1) is 17.3. The van der Waals surface area contributed by atoms with Crippen LogP contribution in [0.5, 0.6) is 0 Å². The summed E-state index contributed by atoms with van der Waals surface area (Å²) >= 11 is 3.82. The zero-order valence-corrected chi connectivity index (χ0v) is 24.7. The molecule has 0 heterocycles. The summed E-state index contributed by atoms with van der Waals surface area (Å²) in [6.07, 6.45) is 5.54. The Hall–Kier alpha value is -1.44. The van der Waals surface area contributed by atoms with Crippen LogP contribution >= 0.6 is 15.9 Å². The van der Waals surface area contributed by atoms with Gasteiger partial charge in [-0.15, -0.1) is 0 Å². The Morgan fingerprint density at radius 3 is 2.30 bits per heavy atom. The van der Waals surface area contributed by atoms with Crippen LogP contribution in [-0.2, 0) is 33.4 Å². The first-order valence-electron chi connectivity index (χ1n) is 13.9. The minimum atomic E-state index is -0.330. The number of carbonyl (C=O) groups is 4. The van der Waals surface area contributed by atoms with Crippen LogP contribution in [0, 0.1) is 46.3 Å². The second kappa shape index (κ2) is 10.6. The lowest BCUT2D eigenvalue weighted by atomic mass is 9.43. The zero-order chi connectivity index (χ0) is 27.3. The van der Waals surface area contributed by atoms with E-state index in [0.29, 0.717) is 25.7 Å². The molecule has 11 atom stereocenters. The Kier molecular flexibility index (Phi) is 8.19. The van der Waals surface area contributed by atoms with Gasteiger partial charge < -0.3 is 14.2 Å². The number of ketones is 1. The number of rotatable bonds is 6. The third kappa shape index (κ3) is 4.89. The van der Waals surface area contributed by atoms with Crippen molar-refractivity contribution >= 4 is 39.6 Å². The molecule has 7 nitrogen and oxygen atoms in total. The van der Waals surface area contributed by atoms with Gasteiger partial charge in [-0.25, -0.2) is 0 Å². The third-order valence-corrected chi connectivity index (χ3v) is 12.0. The average Bonchev–Trinajstić information content (AvgIpc) is 3.19. The fourth-order valence-electron chi connectivity index (χ4n) is 9.18. The van der Waals surface area contributed by atoms with E-state index in [1.165, 1.54) is 21.0 Å². The molecule has 0 spiro atoms. The molecular weight excluding hydrogens is 540 g/mol. The van der Waals surface area contributed by atoms with E-state index in [9.17, 15) is 19.2 Å². The van der Waals surface area contributed by atoms with Crippen LogP contribution in [0.15, 0.2) is 0 Å². The number of ether oxygens (including phenoxy) is 3. The van der Waals surface area contributed by atoms with Crippen LogP contribution in [-0.4, -0.2) is 47.8 Å². The Morgan fingerprint density at radius 2 is 1.68 bits per heavy atom. The highest BCUT2D eigenvalue weighted by Crippen LogP contribution is 2.68. The van der Waals surface area contributed by atoms with Crippen molar-refractivity contribution in [3.8, 4) is 0 Å². The van der Waals surface area contributed by atoms with Crippen molar-refractivity contribution in [2.75, 3.05) is 7.11 Å². The SMILES string of the molecule is COC(=O)CC[C@@H](C)[C@@H]1CC[C@@H]2[C@@H]3C(=O)[C@H](Br)[C@@H]4C[C@H](OC(C)=O)CC[C@]4(C)[C@@H]3C[C@H](OC(C)=O)[C@]21C. The molecule has 0 radical (unpaired) electrons. The Labute approximate surface area is 229 Å². The molecule has 0 aromatic carbocycles. The van der Waals surface area contributed by atoms with Crippen molar-refractivity contribution in [2.45, 2.75) is 103 Å². The van der Waals surface area contributed by atoms with Crippen LogP contribution in [0.4, 0.5) is 0 Å². The van der Waals surface area contributed by atoms with Gasteiger partial charge in [-0.2, -0.15) is 0 Å². The van der Waals surface area contributed by atoms with Gasteiger partial charge >= 0.3 is 17.9 Å². The number of hydrogen-bond acceptors (Lipinski definition) is 7. The highest BCUT2D eigenvalue weighted by Gasteiger charge is 2.68. The molecule has 4 aliphatic carbocycles. The van der Waals surface area contributed by atoms with Gasteiger partial charge in [0.2, 0.25) is 0 Å². The molecule has 4 saturated carbocycles. The second-order valence-corrected chi connectivity index (χ2v) is 13.6. The molecule has 0 aliphatic heterocycles. The van der Waals surface area contributed by atoms with Gasteiger partial charge in [0.25, 0.3) is 0 Å². The Balaban J connectivity index is 1.67. The molecule has 0 bridgehead atoms. The molecule has 4 aliphatic rings. The van der Waals surface area contributed by atoms with Gasteiger partial charge in [-0.1, -0.05) is 36.7 Å². The molecule has 0 amide bonds. The molecule has 0 aromatic rings. The number of methoxy groups -OCH3 is 1. The minimum absolute atomic E-state index is 0.0675. The maximum Gasteiger partial charge on any atom is 0.305 e. The van der Waals surface area contributed by atoms with E-state index in [2.05, 4.69) is 36.7 Å². The number of fused-ring (bicyclic) bond motifs is 5. The summed E-state index contributed by atoms with van der Waals surface area (Å²) < 4.78 is 16.6. The molecule has 0 N–H and O–H groups in total. The zero-order valence-electron chi connectivity index (χ0n) is 23.1. The summed E-state index contributed by atoms with van der Waals surface area (Å²) in [5, 5.41) is 0. The predicted molar refractivity (Wildman–Crippen MR) is 141 cm³/mol. The van der Waals surface area contributed by atoms with Crippen LogP contribution in [0.3, 0.4) is 0 Å². The topological polar surface area (TPSA) is 96.0 Å². The largest absolute Gasteiger partial charge is 0.469 e. The molecule has 208 valence electrons. The highest BCUT2D eigenvalue weighted by molar-refractivity contribution is 9.10. The predicted octanol–water partition coefficient (Wildman–Crippen LogP) is 5.26. The normalized spacial score (nSPS) is 43.6. The van der Waals surface area contributed by atoms with Crippen LogP contribution < -0.4 is 0 Å². The van der Waals surface area contributed by atoms with Crippen molar-refractivity contribution in [2.24, 2.45) is 46.3 Å². The summed E-state index contributed by atoms with van der Waals surface area (Å²) in [5.41, 5.74) is -0.444. The molecule has 4 fully saturated rings. The number of alkyl halides is 1. The quantitative estimate of drug-likeness (QED) is 0.239. The van der Waals surface area contributed by atoms with Crippen molar-refractivity contribution in [3.05, 3.63) is 0 Å². The van der Waals surface area contributed by atoms with Crippen molar-refractivity contribution in [1.29, 1.82) is 0 Å². The smallest absolute Gasteiger partial charge is 0.305 e. The average molecular weight is 584 g/mol. The number of halogens is 1. The maximum absolute atomic E-state index is 14.1. The second-order valence-electron chi connectivity index (χ2n) is 12.6. The first-order valence-corrected chi connectivity index (χ1v) is 14.8. The lowest BCUT2D eigenvalue weighted by Gasteiger charge is -2.63. The summed E-state index contributed by atoms with van der Waals surface area (Å²) in [5.74, 6) is 0.197. The number of Topliss-reactive ketones (excluding diaryl/α,β-unsaturated/α-hetero) is 1. The van der Waals surface area contributed by atoms with Crippen molar-refractivity contribution in [1.82, 2.24) is 0 Å². The van der Waals surface area contributed by atoms with Gasteiger partial charge in [0.05, 0.1) is 11.9 Å². The van der Waals surface area contributed by atoms with E-state index in [4.69, 9.17) is 14.2 Å². The molecule has 37 heavy (non-hydrogen) atoms. The van der Waals surface area contributed by atoms with E-state index in [0.717, 1.165) is 25.7 Å². The molecular formula is C29H43BrO7.